The van der Waals surface area contributed by atoms with Crippen LogP contribution >= 0.6 is 23.5 Å². The van der Waals surface area contributed by atoms with Crippen LogP contribution < -0.4 is 20.1 Å². The van der Waals surface area contributed by atoms with E-state index in [-0.39, 0.29) is 56.3 Å². The van der Waals surface area contributed by atoms with Gasteiger partial charge in [-0.3, -0.25) is 19.4 Å². The van der Waals surface area contributed by atoms with Crippen LogP contribution in [0.2, 0.25) is 0 Å². The minimum Gasteiger partial charge on any atom is -0.496 e. The molecule has 0 bridgehead atoms. The first kappa shape index (κ1) is 44.3. The van der Waals surface area contributed by atoms with Crippen molar-refractivity contribution in [1.29, 1.82) is 0 Å². The second kappa shape index (κ2) is 19.8. The first-order valence-electron chi connectivity index (χ1n) is 19.5. The van der Waals surface area contributed by atoms with Gasteiger partial charge in [-0.1, -0.05) is 25.7 Å². The predicted octanol–water partition coefficient (Wildman–Crippen LogP) is 9.15. The minimum atomic E-state index is -4.49. The molecule has 8 nitrogen and oxygen atoms in total. The Bertz CT molecular complexity index is 1480. The highest BCUT2D eigenvalue weighted by molar-refractivity contribution is 7.99. The topological polar surface area (TPSA) is 83.1 Å². The van der Waals surface area contributed by atoms with E-state index in [1.54, 1.807) is 12.5 Å². The van der Waals surface area contributed by atoms with Crippen LogP contribution in [0.3, 0.4) is 0 Å². The van der Waals surface area contributed by atoms with Gasteiger partial charge in [0.2, 0.25) is 0 Å². The average Bonchev–Trinajstić information content (AvgIpc) is 3.93. The summed E-state index contributed by atoms with van der Waals surface area (Å²) >= 11 is 2.24. The smallest absolute Gasteiger partial charge is 0.416 e. The molecule has 6 rings (SSSR count). The van der Waals surface area contributed by atoms with Crippen molar-refractivity contribution in [3.63, 3.8) is 0 Å². The summed E-state index contributed by atoms with van der Waals surface area (Å²) in [4.78, 5) is 31.6. The highest BCUT2D eigenvalue weighted by Crippen LogP contribution is 2.40. The van der Waals surface area contributed by atoms with E-state index in [1.165, 1.54) is 39.9 Å². The molecule has 312 valence electrons. The van der Waals surface area contributed by atoms with Crippen LogP contribution in [0.1, 0.15) is 109 Å². The number of ether oxygens (including phenoxy) is 2. The number of hydrogen-bond acceptors (Lipinski definition) is 8. The fourth-order valence-corrected chi connectivity index (χ4v) is 9.94. The van der Waals surface area contributed by atoms with Crippen LogP contribution in [0.15, 0.2) is 34.1 Å². The van der Waals surface area contributed by atoms with Crippen molar-refractivity contribution in [2.24, 2.45) is 0 Å². The molecule has 2 aliphatic heterocycles. The van der Waals surface area contributed by atoms with Gasteiger partial charge in [0.1, 0.15) is 11.5 Å². The number of methoxy groups -OCH3 is 2. The van der Waals surface area contributed by atoms with Crippen molar-refractivity contribution in [2.45, 2.75) is 123 Å². The first-order chi connectivity index (χ1) is 26.7. The zero-order valence-electron chi connectivity index (χ0n) is 32.5. The minimum absolute atomic E-state index is 0.0149. The number of halogens is 6. The number of hydrogen-bond donors (Lipinski definition) is 2. The first-order valence-corrected chi connectivity index (χ1v) is 21.9. The summed E-state index contributed by atoms with van der Waals surface area (Å²) in [7, 11) is 2.59. The number of alkyl halides is 6. The molecular weight excluding hydrogens is 779 g/mol. The lowest BCUT2D eigenvalue weighted by atomic mass is 9.89. The molecular formula is C40H54F6N4O4S2. The van der Waals surface area contributed by atoms with E-state index in [1.807, 2.05) is 0 Å². The maximum atomic E-state index is 13.2. The Morgan fingerprint density at radius 2 is 0.929 bits per heavy atom. The van der Waals surface area contributed by atoms with Crippen LogP contribution in [0.4, 0.5) is 26.3 Å². The molecule has 2 amide bonds. The molecule has 0 aromatic heterocycles. The standard InChI is InChI=1S/2C20H27F3N2O2S/c2*1-27-16-11-13(20(21,22)23)12-17(28-2)18(16)19(26)24-14-7-3-4-8-15(14)25-9-5-6-10-25/h2*11-12,14-15H,3-10H2,1-2H3,(H,24,26)/t2*14-,15+/m10/s1. The molecule has 0 unspecified atom stereocenters. The quantitative estimate of drug-likeness (QED) is 0.181. The molecule has 4 aliphatic rings. The molecule has 2 heterocycles. The molecule has 2 aromatic rings. The van der Waals surface area contributed by atoms with Gasteiger partial charge in [-0.15, -0.1) is 23.5 Å². The van der Waals surface area contributed by atoms with E-state index >= 15 is 0 Å². The SMILES string of the molecule is COc1cc(C(F)(F)F)cc(SC)c1C(=O)N[C@@H]1CCCC[C@@H]1N1CCCC1.COc1cc(C(F)(F)F)cc(SC)c1C(=O)N[C@H]1CCCC[C@H]1N1CCCC1. The molecule has 2 aliphatic carbocycles. The van der Waals surface area contributed by atoms with E-state index < -0.39 is 23.5 Å². The van der Waals surface area contributed by atoms with Crippen LogP contribution in [0.5, 0.6) is 11.5 Å². The third kappa shape index (κ3) is 10.8. The summed E-state index contributed by atoms with van der Waals surface area (Å²) in [6.07, 6.45) is 7.35. The van der Waals surface area contributed by atoms with Crippen molar-refractivity contribution >= 4 is 35.3 Å². The molecule has 4 fully saturated rings. The third-order valence-corrected chi connectivity index (χ3v) is 13.0. The summed E-state index contributed by atoms with van der Waals surface area (Å²) in [6, 6.07) is 4.52. The largest absolute Gasteiger partial charge is 0.496 e. The fraction of sp³-hybridized carbons (Fsp3) is 0.650. The number of benzene rings is 2. The molecule has 2 saturated heterocycles. The van der Waals surface area contributed by atoms with E-state index in [0.29, 0.717) is 12.1 Å². The molecule has 16 heteroatoms. The molecule has 56 heavy (non-hydrogen) atoms. The summed E-state index contributed by atoms with van der Waals surface area (Å²) in [5, 5.41) is 6.23. The van der Waals surface area contributed by atoms with E-state index in [2.05, 4.69) is 20.4 Å². The lowest BCUT2D eigenvalue weighted by Crippen LogP contribution is -2.52. The number of carbonyl (C=O) groups is 2. The second-order valence-electron chi connectivity index (χ2n) is 14.9. The van der Waals surface area contributed by atoms with E-state index in [4.69, 9.17) is 9.47 Å². The Labute approximate surface area is 334 Å². The summed E-state index contributed by atoms with van der Waals surface area (Å²) in [5.41, 5.74) is -1.24. The number of amides is 2. The zero-order valence-corrected chi connectivity index (χ0v) is 34.2. The van der Waals surface area contributed by atoms with Gasteiger partial charge < -0.3 is 20.1 Å². The lowest BCUT2D eigenvalue weighted by molar-refractivity contribution is -0.138. The van der Waals surface area contributed by atoms with Crippen LogP contribution in [-0.2, 0) is 12.4 Å². The Balaban J connectivity index is 0.000000214. The zero-order chi connectivity index (χ0) is 40.6. The number of rotatable bonds is 10. The van der Waals surface area contributed by atoms with Crippen molar-refractivity contribution in [2.75, 3.05) is 52.9 Å². The van der Waals surface area contributed by atoms with Gasteiger partial charge >= 0.3 is 12.4 Å². The van der Waals surface area contributed by atoms with Gasteiger partial charge in [-0.25, -0.2) is 0 Å². The van der Waals surface area contributed by atoms with Gasteiger partial charge in [0.15, 0.2) is 0 Å². The number of likely N-dealkylation sites (tertiary alicyclic amines) is 2. The molecule has 4 atom stereocenters. The third-order valence-electron chi connectivity index (χ3n) is 11.4. The lowest BCUT2D eigenvalue weighted by Gasteiger charge is -2.38. The molecule has 2 saturated carbocycles. The summed E-state index contributed by atoms with van der Waals surface area (Å²) < 4.78 is 89.4. The highest BCUT2D eigenvalue weighted by atomic mass is 32.2. The highest BCUT2D eigenvalue weighted by Gasteiger charge is 2.38. The monoisotopic (exact) mass is 832 g/mol. The molecule has 2 aromatic carbocycles. The van der Waals surface area contributed by atoms with Gasteiger partial charge in [-0.05, 0) is 114 Å². The molecule has 0 radical (unpaired) electrons. The second-order valence-corrected chi connectivity index (χ2v) is 16.6. The Hall–Kier alpha value is -2.82. The molecule has 0 spiro atoms. The number of carbonyl (C=O) groups excluding carboxylic acids is 2. The predicted molar refractivity (Wildman–Crippen MR) is 208 cm³/mol. The fourth-order valence-electron chi connectivity index (χ4n) is 8.66. The normalized spacial score (nSPS) is 23.6. The van der Waals surface area contributed by atoms with Crippen LogP contribution in [0, 0.1) is 0 Å². The number of nitrogens with one attached hydrogen (secondary N) is 2. The Morgan fingerprint density at radius 1 is 0.589 bits per heavy atom. The summed E-state index contributed by atoms with van der Waals surface area (Å²) in [5.74, 6) is -0.785. The maximum Gasteiger partial charge on any atom is 0.416 e. The van der Waals surface area contributed by atoms with Crippen molar-refractivity contribution in [3.8, 4) is 11.5 Å². The Morgan fingerprint density at radius 3 is 1.23 bits per heavy atom. The summed E-state index contributed by atoms with van der Waals surface area (Å²) in [6.45, 7) is 4.21. The molecule has 2 N–H and O–H groups in total. The van der Waals surface area contributed by atoms with E-state index in [0.717, 1.165) is 125 Å². The van der Waals surface area contributed by atoms with Gasteiger partial charge in [0.25, 0.3) is 11.8 Å². The van der Waals surface area contributed by atoms with Gasteiger partial charge in [0.05, 0.1) is 36.5 Å². The Kier molecular flexibility index (Phi) is 15.6. The van der Waals surface area contributed by atoms with Crippen molar-refractivity contribution < 1.29 is 45.4 Å². The number of thioether (sulfide) groups is 2. The van der Waals surface area contributed by atoms with Crippen molar-refractivity contribution in [1.82, 2.24) is 20.4 Å². The number of nitrogens with zero attached hydrogens (tertiary/aromatic N) is 2. The van der Waals surface area contributed by atoms with Gasteiger partial charge in [-0.2, -0.15) is 26.3 Å². The van der Waals surface area contributed by atoms with Crippen LogP contribution in [-0.4, -0.2) is 98.7 Å². The van der Waals surface area contributed by atoms with Gasteiger partial charge in [0, 0.05) is 34.0 Å². The van der Waals surface area contributed by atoms with Crippen molar-refractivity contribution in [3.05, 3.63) is 46.5 Å². The average molecular weight is 833 g/mol. The maximum absolute atomic E-state index is 13.2. The van der Waals surface area contributed by atoms with Crippen LogP contribution in [0.25, 0.3) is 0 Å². The van der Waals surface area contributed by atoms with E-state index in [9.17, 15) is 35.9 Å².